The summed E-state index contributed by atoms with van der Waals surface area (Å²) in [5.74, 6) is 2.01. The Morgan fingerprint density at radius 1 is 1.29 bits per heavy atom. The lowest BCUT2D eigenvalue weighted by atomic mass is 9.84. The Bertz CT molecular complexity index is 450. The number of likely N-dealkylation sites (N-methyl/N-ethyl adjacent to an activating group) is 1. The fraction of sp³-hybridized carbons (Fsp3) is 0.647. The average Bonchev–Trinajstić information content (AvgIpc) is 2.56. The van der Waals surface area contributed by atoms with Gasteiger partial charge in [0.05, 0.1) is 14.2 Å². The van der Waals surface area contributed by atoms with Crippen molar-refractivity contribution in [3.05, 3.63) is 23.8 Å². The number of ether oxygens (including phenoxy) is 2. The molecular formula is C17H28N2O2. The second-order valence-corrected chi connectivity index (χ2v) is 5.64. The Morgan fingerprint density at radius 3 is 2.71 bits per heavy atom. The molecule has 1 heterocycles. The second-order valence-electron chi connectivity index (χ2n) is 5.64. The van der Waals surface area contributed by atoms with Crippen LogP contribution in [-0.2, 0) is 0 Å². The Balaban J connectivity index is 2.31. The van der Waals surface area contributed by atoms with Crippen LogP contribution in [0.2, 0.25) is 0 Å². The minimum absolute atomic E-state index is 0.311. The number of nitrogens with two attached hydrogens (primary N) is 1. The topological polar surface area (TPSA) is 47.7 Å². The van der Waals surface area contributed by atoms with Crippen molar-refractivity contribution >= 4 is 0 Å². The molecule has 2 atom stereocenters. The van der Waals surface area contributed by atoms with Crippen molar-refractivity contribution < 1.29 is 9.47 Å². The second kappa shape index (κ2) is 7.66. The lowest BCUT2D eigenvalue weighted by molar-refractivity contribution is 0.133. The quantitative estimate of drug-likeness (QED) is 0.875. The summed E-state index contributed by atoms with van der Waals surface area (Å²) in [6.45, 7) is 5.14. The predicted octanol–water partition coefficient (Wildman–Crippen LogP) is 2.62. The van der Waals surface area contributed by atoms with Gasteiger partial charge in [0.25, 0.3) is 0 Å². The normalized spacial score (nSPS) is 21.0. The van der Waals surface area contributed by atoms with Crippen LogP contribution < -0.4 is 15.2 Å². The van der Waals surface area contributed by atoms with Crippen LogP contribution in [0.5, 0.6) is 11.5 Å². The number of hydrogen-bond acceptors (Lipinski definition) is 4. The first-order valence-corrected chi connectivity index (χ1v) is 7.91. The largest absolute Gasteiger partial charge is 0.497 e. The summed E-state index contributed by atoms with van der Waals surface area (Å²) < 4.78 is 10.9. The molecule has 2 rings (SSSR count). The van der Waals surface area contributed by atoms with Crippen molar-refractivity contribution in [2.75, 3.05) is 33.9 Å². The van der Waals surface area contributed by atoms with E-state index >= 15 is 0 Å². The van der Waals surface area contributed by atoms with Crippen LogP contribution in [-0.4, -0.2) is 44.8 Å². The molecule has 0 saturated carbocycles. The van der Waals surface area contributed by atoms with Crippen molar-refractivity contribution in [2.45, 2.75) is 38.1 Å². The van der Waals surface area contributed by atoms with E-state index < -0.39 is 0 Å². The van der Waals surface area contributed by atoms with Crippen LogP contribution in [0.15, 0.2) is 18.2 Å². The molecule has 0 aromatic heterocycles. The summed E-state index contributed by atoms with van der Waals surface area (Å²) in [5, 5.41) is 0. The van der Waals surface area contributed by atoms with Gasteiger partial charge in [0.15, 0.2) is 0 Å². The van der Waals surface area contributed by atoms with E-state index in [2.05, 4.69) is 17.9 Å². The molecule has 0 spiro atoms. The number of nitrogens with zero attached hydrogens (tertiary/aromatic N) is 1. The Labute approximate surface area is 128 Å². The lowest BCUT2D eigenvalue weighted by Crippen LogP contribution is -2.45. The molecule has 0 bridgehead atoms. The summed E-state index contributed by atoms with van der Waals surface area (Å²) >= 11 is 0. The molecule has 1 fully saturated rings. The number of piperidine rings is 1. The van der Waals surface area contributed by atoms with Crippen molar-refractivity contribution in [1.82, 2.24) is 4.90 Å². The van der Waals surface area contributed by atoms with E-state index in [9.17, 15) is 0 Å². The van der Waals surface area contributed by atoms with Gasteiger partial charge in [0, 0.05) is 30.1 Å². The zero-order valence-corrected chi connectivity index (χ0v) is 13.5. The summed E-state index contributed by atoms with van der Waals surface area (Å²) in [5.41, 5.74) is 7.33. The maximum Gasteiger partial charge on any atom is 0.126 e. The zero-order valence-electron chi connectivity index (χ0n) is 13.5. The molecule has 0 radical (unpaired) electrons. The lowest BCUT2D eigenvalue weighted by Gasteiger charge is -2.40. The van der Waals surface area contributed by atoms with Crippen LogP contribution in [0.25, 0.3) is 0 Å². The maximum absolute atomic E-state index is 6.13. The number of benzene rings is 1. The summed E-state index contributed by atoms with van der Waals surface area (Å²) in [7, 11) is 3.39. The van der Waals surface area contributed by atoms with Crippen molar-refractivity contribution in [1.29, 1.82) is 0 Å². The zero-order chi connectivity index (χ0) is 15.2. The van der Waals surface area contributed by atoms with Gasteiger partial charge in [-0.05, 0) is 32.0 Å². The van der Waals surface area contributed by atoms with E-state index in [1.165, 1.54) is 31.4 Å². The molecule has 4 nitrogen and oxygen atoms in total. The Hall–Kier alpha value is -1.26. The molecule has 2 unspecified atom stereocenters. The van der Waals surface area contributed by atoms with Gasteiger partial charge in [-0.25, -0.2) is 0 Å². The molecule has 1 saturated heterocycles. The first-order valence-electron chi connectivity index (χ1n) is 7.91. The van der Waals surface area contributed by atoms with E-state index in [0.717, 1.165) is 18.0 Å². The minimum Gasteiger partial charge on any atom is -0.497 e. The molecule has 0 amide bonds. The molecule has 1 aliphatic heterocycles. The first kappa shape index (κ1) is 16.1. The third-order valence-electron chi connectivity index (χ3n) is 4.63. The Kier molecular flexibility index (Phi) is 5.88. The van der Waals surface area contributed by atoms with Crippen LogP contribution in [0, 0.1) is 0 Å². The number of hydrogen-bond donors (Lipinski definition) is 1. The van der Waals surface area contributed by atoms with Gasteiger partial charge >= 0.3 is 0 Å². The van der Waals surface area contributed by atoms with E-state index in [1.807, 2.05) is 12.1 Å². The molecular weight excluding hydrogens is 264 g/mol. The number of likely N-dealkylation sites (tertiary alicyclic amines) is 1. The smallest absolute Gasteiger partial charge is 0.126 e. The van der Waals surface area contributed by atoms with E-state index in [0.29, 0.717) is 18.5 Å². The Morgan fingerprint density at radius 2 is 2.10 bits per heavy atom. The fourth-order valence-electron chi connectivity index (χ4n) is 3.48. The molecule has 118 valence electrons. The molecule has 1 aromatic rings. The highest BCUT2D eigenvalue weighted by Crippen LogP contribution is 2.36. The molecule has 0 aliphatic carbocycles. The van der Waals surface area contributed by atoms with Crippen LogP contribution in [0.3, 0.4) is 0 Å². The SMILES string of the molecule is CCN1CCCCC1C(CN)c1ccc(OC)cc1OC. The van der Waals surface area contributed by atoms with Gasteiger partial charge in [-0.3, -0.25) is 0 Å². The highest BCUT2D eigenvalue weighted by molar-refractivity contribution is 5.43. The average molecular weight is 292 g/mol. The van der Waals surface area contributed by atoms with E-state index in [1.54, 1.807) is 14.2 Å². The summed E-state index contributed by atoms with van der Waals surface area (Å²) in [6.07, 6.45) is 3.79. The van der Waals surface area contributed by atoms with Gasteiger partial charge < -0.3 is 20.1 Å². The number of methoxy groups -OCH3 is 2. The molecule has 2 N–H and O–H groups in total. The summed E-state index contributed by atoms with van der Waals surface area (Å²) in [4.78, 5) is 2.56. The van der Waals surface area contributed by atoms with Gasteiger partial charge in [-0.2, -0.15) is 0 Å². The van der Waals surface area contributed by atoms with Crippen molar-refractivity contribution in [3.63, 3.8) is 0 Å². The summed E-state index contributed by atoms with van der Waals surface area (Å²) in [6, 6.07) is 6.57. The number of rotatable bonds is 6. The third-order valence-corrected chi connectivity index (χ3v) is 4.63. The molecule has 1 aromatic carbocycles. The standard InChI is InChI=1S/C17H28N2O2/c1-4-19-10-6-5-7-16(19)15(12-18)14-9-8-13(20-2)11-17(14)21-3/h8-9,11,15-16H,4-7,10,12,18H2,1-3H3. The van der Waals surface area contributed by atoms with E-state index in [-0.39, 0.29) is 0 Å². The van der Waals surface area contributed by atoms with Crippen molar-refractivity contribution in [3.8, 4) is 11.5 Å². The van der Waals surface area contributed by atoms with E-state index in [4.69, 9.17) is 15.2 Å². The third kappa shape index (κ3) is 3.50. The van der Waals surface area contributed by atoms with Gasteiger partial charge in [0.2, 0.25) is 0 Å². The predicted molar refractivity (Wildman–Crippen MR) is 86.2 cm³/mol. The molecule has 21 heavy (non-hydrogen) atoms. The maximum atomic E-state index is 6.13. The monoisotopic (exact) mass is 292 g/mol. The first-order chi connectivity index (χ1) is 10.2. The van der Waals surface area contributed by atoms with Gasteiger partial charge in [-0.1, -0.05) is 19.4 Å². The van der Waals surface area contributed by atoms with Gasteiger partial charge in [0.1, 0.15) is 11.5 Å². The highest BCUT2D eigenvalue weighted by Gasteiger charge is 2.31. The highest BCUT2D eigenvalue weighted by atomic mass is 16.5. The van der Waals surface area contributed by atoms with Crippen LogP contribution >= 0.6 is 0 Å². The van der Waals surface area contributed by atoms with Gasteiger partial charge in [-0.15, -0.1) is 0 Å². The fourth-order valence-corrected chi connectivity index (χ4v) is 3.48. The van der Waals surface area contributed by atoms with Crippen LogP contribution in [0.1, 0.15) is 37.7 Å². The molecule has 4 heteroatoms. The minimum atomic E-state index is 0.311. The van der Waals surface area contributed by atoms with Crippen LogP contribution in [0.4, 0.5) is 0 Å². The molecule has 1 aliphatic rings. The van der Waals surface area contributed by atoms with Crippen molar-refractivity contribution in [2.24, 2.45) is 5.73 Å².